The van der Waals surface area contributed by atoms with E-state index in [1.807, 2.05) is 17.5 Å². The van der Waals surface area contributed by atoms with E-state index in [1.165, 1.54) is 4.88 Å². The first-order valence-electron chi connectivity index (χ1n) is 3.76. The van der Waals surface area contributed by atoms with Gasteiger partial charge in [-0.25, -0.2) is 4.68 Å². The fourth-order valence-electron chi connectivity index (χ4n) is 1.01. The van der Waals surface area contributed by atoms with Crippen molar-refractivity contribution in [2.75, 3.05) is 0 Å². The van der Waals surface area contributed by atoms with E-state index in [0.717, 1.165) is 0 Å². The van der Waals surface area contributed by atoms with Crippen LogP contribution in [0.5, 0.6) is 0 Å². The van der Waals surface area contributed by atoms with Crippen molar-refractivity contribution in [2.24, 2.45) is 0 Å². The number of hydrogen-bond acceptors (Lipinski definition) is 4. The largest absolute Gasteiger partial charge is 0.296 e. The summed E-state index contributed by atoms with van der Waals surface area (Å²) in [7, 11) is 0. The van der Waals surface area contributed by atoms with E-state index < -0.39 is 0 Å². The van der Waals surface area contributed by atoms with Crippen molar-refractivity contribution in [3.05, 3.63) is 34.3 Å². The van der Waals surface area contributed by atoms with Crippen LogP contribution in [0, 0.1) is 0 Å². The Bertz CT molecular complexity index is 393. The van der Waals surface area contributed by atoms with Gasteiger partial charge in [0.05, 0.1) is 12.7 Å². The number of aromatic nitrogens is 3. The first-order valence-corrected chi connectivity index (χ1v) is 4.64. The highest BCUT2D eigenvalue weighted by molar-refractivity contribution is 7.09. The van der Waals surface area contributed by atoms with Gasteiger partial charge in [0.1, 0.15) is 5.69 Å². The van der Waals surface area contributed by atoms with Gasteiger partial charge in [-0.05, 0) is 11.4 Å². The Morgan fingerprint density at radius 1 is 1.62 bits per heavy atom. The smallest absolute Gasteiger partial charge is 0.171 e. The van der Waals surface area contributed by atoms with Crippen molar-refractivity contribution in [3.63, 3.8) is 0 Å². The van der Waals surface area contributed by atoms with Gasteiger partial charge < -0.3 is 0 Å². The molecule has 0 radical (unpaired) electrons. The molecular formula is C8H7N3OS. The molecule has 5 heteroatoms. The molecule has 0 saturated carbocycles. The maximum absolute atomic E-state index is 10.3. The summed E-state index contributed by atoms with van der Waals surface area (Å²) in [5.74, 6) is 0. The van der Waals surface area contributed by atoms with Gasteiger partial charge in [0.2, 0.25) is 0 Å². The predicted octanol–water partition coefficient (Wildman–Crippen LogP) is 1.20. The second-order valence-electron chi connectivity index (χ2n) is 2.54. The molecule has 0 amide bonds. The van der Waals surface area contributed by atoms with Gasteiger partial charge in [0, 0.05) is 4.88 Å². The van der Waals surface area contributed by atoms with E-state index in [1.54, 1.807) is 22.2 Å². The lowest BCUT2D eigenvalue weighted by molar-refractivity contribution is 0.111. The van der Waals surface area contributed by atoms with Crippen LogP contribution in [0.1, 0.15) is 15.4 Å². The van der Waals surface area contributed by atoms with Crippen molar-refractivity contribution >= 4 is 17.6 Å². The number of hydrogen-bond donors (Lipinski definition) is 0. The Kier molecular flexibility index (Phi) is 2.18. The quantitative estimate of drug-likeness (QED) is 0.688. The number of nitrogens with zero attached hydrogens (tertiary/aromatic N) is 3. The van der Waals surface area contributed by atoms with Gasteiger partial charge in [-0.15, -0.1) is 16.4 Å². The zero-order valence-electron chi connectivity index (χ0n) is 6.75. The van der Waals surface area contributed by atoms with Crippen LogP contribution in [0.2, 0.25) is 0 Å². The summed E-state index contributed by atoms with van der Waals surface area (Å²) in [4.78, 5) is 11.5. The summed E-state index contributed by atoms with van der Waals surface area (Å²) in [5, 5.41) is 9.48. The van der Waals surface area contributed by atoms with E-state index in [0.29, 0.717) is 18.5 Å². The molecule has 0 aliphatic rings. The van der Waals surface area contributed by atoms with Crippen LogP contribution in [0.4, 0.5) is 0 Å². The highest BCUT2D eigenvalue weighted by Gasteiger charge is 1.99. The normalized spacial score (nSPS) is 10.2. The standard InChI is InChI=1S/C8H7N3OS/c12-6-7-4-11(10-9-7)5-8-2-1-3-13-8/h1-4,6H,5H2. The lowest BCUT2D eigenvalue weighted by Crippen LogP contribution is -1.97. The Balaban J connectivity index is 2.14. The Morgan fingerprint density at radius 2 is 2.54 bits per heavy atom. The molecule has 0 unspecified atom stereocenters. The van der Waals surface area contributed by atoms with Crippen molar-refractivity contribution < 1.29 is 4.79 Å². The summed E-state index contributed by atoms with van der Waals surface area (Å²) in [5.41, 5.74) is 0.372. The molecule has 0 N–H and O–H groups in total. The summed E-state index contributed by atoms with van der Waals surface area (Å²) in [6.45, 7) is 0.679. The molecule has 0 atom stereocenters. The van der Waals surface area contributed by atoms with Crippen LogP contribution < -0.4 is 0 Å². The van der Waals surface area contributed by atoms with Crippen LogP contribution in [-0.2, 0) is 6.54 Å². The monoisotopic (exact) mass is 193 g/mol. The number of rotatable bonds is 3. The van der Waals surface area contributed by atoms with Crippen LogP contribution in [-0.4, -0.2) is 21.3 Å². The van der Waals surface area contributed by atoms with E-state index >= 15 is 0 Å². The highest BCUT2D eigenvalue weighted by Crippen LogP contribution is 2.09. The lowest BCUT2D eigenvalue weighted by Gasteiger charge is -1.94. The van der Waals surface area contributed by atoms with Crippen molar-refractivity contribution in [3.8, 4) is 0 Å². The van der Waals surface area contributed by atoms with Gasteiger partial charge in [0.25, 0.3) is 0 Å². The molecule has 2 aromatic heterocycles. The minimum atomic E-state index is 0.372. The van der Waals surface area contributed by atoms with E-state index in [2.05, 4.69) is 10.3 Å². The molecule has 13 heavy (non-hydrogen) atoms. The van der Waals surface area contributed by atoms with E-state index in [4.69, 9.17) is 0 Å². The number of thiophene rings is 1. The van der Waals surface area contributed by atoms with Gasteiger partial charge in [-0.1, -0.05) is 11.3 Å². The molecule has 0 spiro atoms. The molecule has 0 fully saturated rings. The zero-order chi connectivity index (χ0) is 9.10. The van der Waals surface area contributed by atoms with Gasteiger partial charge in [-0.2, -0.15) is 0 Å². The third kappa shape index (κ3) is 1.81. The van der Waals surface area contributed by atoms with Gasteiger partial charge >= 0.3 is 0 Å². The fraction of sp³-hybridized carbons (Fsp3) is 0.125. The number of carbonyl (C=O) groups is 1. The Hall–Kier alpha value is -1.49. The fourth-order valence-corrected chi connectivity index (χ4v) is 1.70. The molecule has 0 aliphatic heterocycles. The second-order valence-corrected chi connectivity index (χ2v) is 3.57. The minimum Gasteiger partial charge on any atom is -0.296 e. The molecule has 0 bridgehead atoms. The third-order valence-electron chi connectivity index (χ3n) is 1.58. The first kappa shape index (κ1) is 8.12. The average molecular weight is 193 g/mol. The molecule has 66 valence electrons. The van der Waals surface area contributed by atoms with Crippen LogP contribution in [0.3, 0.4) is 0 Å². The number of aldehydes is 1. The highest BCUT2D eigenvalue weighted by atomic mass is 32.1. The molecule has 2 heterocycles. The van der Waals surface area contributed by atoms with Crippen molar-refractivity contribution in [1.82, 2.24) is 15.0 Å². The van der Waals surface area contributed by atoms with Crippen molar-refractivity contribution in [1.29, 1.82) is 0 Å². The summed E-state index contributed by atoms with van der Waals surface area (Å²) in [6, 6.07) is 4.00. The third-order valence-corrected chi connectivity index (χ3v) is 2.44. The Labute approximate surface area is 78.8 Å². The topological polar surface area (TPSA) is 47.8 Å². The molecule has 4 nitrogen and oxygen atoms in total. The molecule has 0 aromatic carbocycles. The second kappa shape index (κ2) is 3.49. The average Bonchev–Trinajstić information content (AvgIpc) is 2.76. The molecule has 0 aliphatic carbocycles. The zero-order valence-corrected chi connectivity index (χ0v) is 7.57. The molecule has 2 aromatic rings. The maximum atomic E-state index is 10.3. The van der Waals surface area contributed by atoms with Crippen LogP contribution >= 0.6 is 11.3 Å². The summed E-state index contributed by atoms with van der Waals surface area (Å²) < 4.78 is 1.65. The summed E-state index contributed by atoms with van der Waals surface area (Å²) in [6.07, 6.45) is 2.32. The first-order chi connectivity index (χ1) is 6.38. The van der Waals surface area contributed by atoms with E-state index in [-0.39, 0.29) is 0 Å². The summed E-state index contributed by atoms with van der Waals surface area (Å²) >= 11 is 1.66. The van der Waals surface area contributed by atoms with Crippen molar-refractivity contribution in [2.45, 2.75) is 6.54 Å². The van der Waals surface area contributed by atoms with Crippen LogP contribution in [0.25, 0.3) is 0 Å². The maximum Gasteiger partial charge on any atom is 0.171 e. The predicted molar refractivity (Wildman–Crippen MR) is 48.8 cm³/mol. The molecule has 2 rings (SSSR count). The SMILES string of the molecule is O=Cc1cn(Cc2cccs2)nn1. The van der Waals surface area contributed by atoms with E-state index in [9.17, 15) is 4.79 Å². The lowest BCUT2D eigenvalue weighted by atomic mass is 10.4. The molecule has 0 saturated heterocycles. The minimum absolute atomic E-state index is 0.372. The van der Waals surface area contributed by atoms with Crippen LogP contribution in [0.15, 0.2) is 23.7 Å². The van der Waals surface area contributed by atoms with Gasteiger partial charge in [0.15, 0.2) is 6.29 Å². The molecular weight excluding hydrogens is 186 g/mol. The number of carbonyl (C=O) groups excluding carboxylic acids is 1. The Morgan fingerprint density at radius 3 is 3.15 bits per heavy atom. The van der Waals surface area contributed by atoms with Gasteiger partial charge in [-0.3, -0.25) is 4.79 Å².